The minimum atomic E-state index is 0.164. The standard InChI is InChI=1S/C17H26N4O/c1-13(15-3-2-6-19-12-15)20-7-9-21(10-8-20)17(22)14-4-5-16(18)11-14/h2-3,6,12-14,16H,4-5,7-11,18H2,1H3/t13-,14+,16+/m1/s1. The van der Waals surface area contributed by atoms with E-state index in [9.17, 15) is 4.79 Å². The molecule has 1 saturated carbocycles. The van der Waals surface area contributed by atoms with Gasteiger partial charge in [0.15, 0.2) is 0 Å². The normalized spacial score (nSPS) is 27.8. The Morgan fingerprint density at radius 1 is 1.32 bits per heavy atom. The topological polar surface area (TPSA) is 62.5 Å². The number of carbonyl (C=O) groups excluding carboxylic acids is 1. The van der Waals surface area contributed by atoms with E-state index < -0.39 is 0 Å². The molecule has 2 fully saturated rings. The van der Waals surface area contributed by atoms with Crippen LogP contribution >= 0.6 is 0 Å². The summed E-state index contributed by atoms with van der Waals surface area (Å²) in [5.74, 6) is 0.485. The summed E-state index contributed by atoms with van der Waals surface area (Å²) < 4.78 is 0. The van der Waals surface area contributed by atoms with Gasteiger partial charge in [-0.25, -0.2) is 0 Å². The molecule has 5 nitrogen and oxygen atoms in total. The maximum Gasteiger partial charge on any atom is 0.225 e. The molecule has 5 heteroatoms. The molecule has 2 N–H and O–H groups in total. The Bertz CT molecular complexity index is 499. The van der Waals surface area contributed by atoms with Gasteiger partial charge in [-0.3, -0.25) is 14.7 Å². The number of nitrogens with two attached hydrogens (primary N) is 1. The van der Waals surface area contributed by atoms with Gasteiger partial charge in [0.1, 0.15) is 0 Å². The lowest BCUT2D eigenvalue weighted by Gasteiger charge is -2.39. The van der Waals surface area contributed by atoms with Gasteiger partial charge in [-0.2, -0.15) is 0 Å². The number of nitrogens with zero attached hydrogens (tertiary/aromatic N) is 3. The summed E-state index contributed by atoms with van der Waals surface area (Å²) in [6.07, 6.45) is 6.56. The minimum absolute atomic E-state index is 0.164. The third-order valence-electron chi connectivity index (χ3n) is 5.16. The van der Waals surface area contributed by atoms with Gasteiger partial charge in [0.25, 0.3) is 0 Å². The van der Waals surface area contributed by atoms with Gasteiger partial charge in [0.2, 0.25) is 5.91 Å². The number of carbonyl (C=O) groups is 1. The lowest BCUT2D eigenvalue weighted by atomic mass is 10.0. The van der Waals surface area contributed by atoms with Crippen molar-refractivity contribution in [1.82, 2.24) is 14.8 Å². The van der Waals surface area contributed by atoms with Crippen molar-refractivity contribution in [2.75, 3.05) is 26.2 Å². The second-order valence-corrected chi connectivity index (χ2v) is 6.59. The van der Waals surface area contributed by atoms with Crippen molar-refractivity contribution in [2.24, 2.45) is 11.7 Å². The first-order chi connectivity index (χ1) is 10.6. The molecule has 3 atom stereocenters. The van der Waals surface area contributed by atoms with Gasteiger partial charge >= 0.3 is 0 Å². The van der Waals surface area contributed by atoms with Crippen LogP contribution in [0.1, 0.15) is 37.8 Å². The number of rotatable bonds is 3. The Labute approximate surface area is 132 Å². The summed E-state index contributed by atoms with van der Waals surface area (Å²) in [6.45, 7) is 5.73. The minimum Gasteiger partial charge on any atom is -0.340 e. The van der Waals surface area contributed by atoms with E-state index in [0.29, 0.717) is 11.9 Å². The maximum absolute atomic E-state index is 12.5. The number of pyridine rings is 1. The van der Waals surface area contributed by atoms with E-state index in [-0.39, 0.29) is 12.0 Å². The largest absolute Gasteiger partial charge is 0.340 e. The first-order valence-electron chi connectivity index (χ1n) is 8.33. The Kier molecular flexibility index (Phi) is 4.74. The third kappa shape index (κ3) is 3.31. The van der Waals surface area contributed by atoms with E-state index in [0.717, 1.165) is 45.4 Å². The molecule has 1 saturated heterocycles. The quantitative estimate of drug-likeness (QED) is 0.917. The smallest absolute Gasteiger partial charge is 0.225 e. The van der Waals surface area contributed by atoms with Gasteiger partial charge in [0, 0.05) is 56.6 Å². The molecule has 0 spiro atoms. The molecule has 0 bridgehead atoms. The predicted octanol–water partition coefficient (Wildman–Crippen LogP) is 1.41. The lowest BCUT2D eigenvalue weighted by Crippen LogP contribution is -2.50. The molecule has 0 aromatic carbocycles. The van der Waals surface area contributed by atoms with Crippen LogP contribution in [0.5, 0.6) is 0 Å². The molecule has 1 aromatic rings. The molecule has 1 amide bonds. The third-order valence-corrected chi connectivity index (χ3v) is 5.16. The molecule has 2 heterocycles. The molecular formula is C17H26N4O. The number of piperazine rings is 1. The van der Waals surface area contributed by atoms with Crippen LogP contribution in [0.4, 0.5) is 0 Å². The van der Waals surface area contributed by atoms with Crippen molar-refractivity contribution in [3.8, 4) is 0 Å². The van der Waals surface area contributed by atoms with Crippen LogP contribution in [0.25, 0.3) is 0 Å². The fourth-order valence-electron chi connectivity index (χ4n) is 3.66. The van der Waals surface area contributed by atoms with E-state index in [1.165, 1.54) is 5.56 Å². The van der Waals surface area contributed by atoms with Gasteiger partial charge in [-0.05, 0) is 37.8 Å². The Balaban J connectivity index is 1.53. The van der Waals surface area contributed by atoms with Gasteiger partial charge in [0.05, 0.1) is 0 Å². The molecule has 120 valence electrons. The van der Waals surface area contributed by atoms with Gasteiger partial charge in [-0.1, -0.05) is 6.07 Å². The lowest BCUT2D eigenvalue weighted by molar-refractivity contribution is -0.137. The van der Waals surface area contributed by atoms with Crippen LogP contribution in [0.3, 0.4) is 0 Å². The summed E-state index contributed by atoms with van der Waals surface area (Å²) in [6, 6.07) is 4.68. The summed E-state index contributed by atoms with van der Waals surface area (Å²) in [5, 5.41) is 0. The Morgan fingerprint density at radius 2 is 2.09 bits per heavy atom. The molecule has 1 aliphatic carbocycles. The zero-order valence-electron chi connectivity index (χ0n) is 13.3. The second-order valence-electron chi connectivity index (χ2n) is 6.59. The van der Waals surface area contributed by atoms with Gasteiger partial charge < -0.3 is 10.6 Å². The maximum atomic E-state index is 12.5. The molecular weight excluding hydrogens is 276 g/mol. The van der Waals surface area contributed by atoms with E-state index in [2.05, 4.69) is 22.9 Å². The molecule has 0 radical (unpaired) electrons. The predicted molar refractivity (Wildman–Crippen MR) is 86.1 cm³/mol. The molecule has 0 unspecified atom stereocenters. The van der Waals surface area contributed by atoms with Crippen LogP contribution in [-0.4, -0.2) is 52.9 Å². The van der Waals surface area contributed by atoms with Crippen molar-refractivity contribution < 1.29 is 4.79 Å². The van der Waals surface area contributed by atoms with Gasteiger partial charge in [-0.15, -0.1) is 0 Å². The van der Waals surface area contributed by atoms with Crippen LogP contribution in [0, 0.1) is 5.92 Å². The second kappa shape index (κ2) is 6.75. The van der Waals surface area contributed by atoms with Crippen molar-refractivity contribution in [2.45, 2.75) is 38.3 Å². The first kappa shape index (κ1) is 15.4. The molecule has 2 aliphatic rings. The summed E-state index contributed by atoms with van der Waals surface area (Å²) >= 11 is 0. The Morgan fingerprint density at radius 3 is 2.68 bits per heavy atom. The number of hydrogen-bond donors (Lipinski definition) is 1. The van der Waals surface area contributed by atoms with E-state index in [1.807, 2.05) is 17.2 Å². The number of aromatic nitrogens is 1. The molecule has 22 heavy (non-hydrogen) atoms. The molecule has 1 aliphatic heterocycles. The van der Waals surface area contributed by atoms with Crippen LogP contribution in [-0.2, 0) is 4.79 Å². The summed E-state index contributed by atoms with van der Waals surface area (Å²) in [7, 11) is 0. The van der Waals surface area contributed by atoms with Crippen molar-refractivity contribution >= 4 is 5.91 Å². The average molecular weight is 302 g/mol. The zero-order valence-corrected chi connectivity index (χ0v) is 13.3. The Hall–Kier alpha value is -1.46. The highest BCUT2D eigenvalue weighted by molar-refractivity contribution is 5.79. The summed E-state index contributed by atoms with van der Waals surface area (Å²) in [4.78, 5) is 21.2. The van der Waals surface area contributed by atoms with Crippen molar-refractivity contribution in [1.29, 1.82) is 0 Å². The van der Waals surface area contributed by atoms with Crippen LogP contribution in [0.15, 0.2) is 24.5 Å². The first-order valence-corrected chi connectivity index (χ1v) is 8.33. The van der Waals surface area contributed by atoms with E-state index in [4.69, 9.17) is 5.73 Å². The highest BCUT2D eigenvalue weighted by Gasteiger charge is 2.33. The summed E-state index contributed by atoms with van der Waals surface area (Å²) in [5.41, 5.74) is 7.17. The fraction of sp³-hybridized carbons (Fsp3) is 0.647. The SMILES string of the molecule is C[C@H](c1cccnc1)N1CCN(C(=O)[C@H]2CC[C@H](N)C2)CC1. The number of hydrogen-bond acceptors (Lipinski definition) is 4. The fourth-order valence-corrected chi connectivity index (χ4v) is 3.66. The highest BCUT2D eigenvalue weighted by Crippen LogP contribution is 2.27. The van der Waals surface area contributed by atoms with Crippen LogP contribution < -0.4 is 5.73 Å². The van der Waals surface area contributed by atoms with Crippen molar-refractivity contribution in [3.05, 3.63) is 30.1 Å². The van der Waals surface area contributed by atoms with Crippen LogP contribution in [0.2, 0.25) is 0 Å². The number of amides is 1. The van der Waals surface area contributed by atoms with E-state index in [1.54, 1.807) is 6.20 Å². The average Bonchev–Trinajstić information content (AvgIpc) is 3.01. The zero-order chi connectivity index (χ0) is 15.5. The molecule has 3 rings (SSSR count). The monoisotopic (exact) mass is 302 g/mol. The van der Waals surface area contributed by atoms with Crippen molar-refractivity contribution in [3.63, 3.8) is 0 Å². The molecule has 1 aromatic heterocycles. The van der Waals surface area contributed by atoms with E-state index >= 15 is 0 Å². The highest BCUT2D eigenvalue weighted by atomic mass is 16.2.